The highest BCUT2D eigenvalue weighted by Crippen LogP contribution is 2.37. The molecular formula is C26H24ClN3O2. The number of imidazole rings is 1. The maximum absolute atomic E-state index is 13.1. The van der Waals surface area contributed by atoms with Crippen LogP contribution in [0.1, 0.15) is 30.7 Å². The molecule has 1 aromatic heterocycles. The van der Waals surface area contributed by atoms with E-state index >= 15 is 0 Å². The minimum absolute atomic E-state index is 0.0104. The predicted octanol–water partition coefficient (Wildman–Crippen LogP) is 5.66. The molecule has 0 N–H and O–H groups in total. The standard InChI is InChI=1S/C26H24ClN3O2/c1-2-32-24-13-6-5-12-23(24)29-17-19(15-25(29)31)26-28-21-10-3-4-11-22(21)30(26)16-18-8-7-9-20(27)14-18/h3-14,19H,2,15-17H2,1H3. The average molecular weight is 446 g/mol. The van der Waals surface area contributed by atoms with Crippen molar-refractivity contribution < 1.29 is 9.53 Å². The van der Waals surface area contributed by atoms with Gasteiger partial charge < -0.3 is 14.2 Å². The zero-order chi connectivity index (χ0) is 22.1. The number of amides is 1. The molecule has 3 aromatic carbocycles. The maximum atomic E-state index is 13.1. The molecule has 4 aromatic rings. The Bertz CT molecular complexity index is 1280. The molecule has 1 unspecified atom stereocenters. The lowest BCUT2D eigenvalue weighted by Crippen LogP contribution is -2.25. The number of anilines is 1. The molecule has 1 atom stereocenters. The van der Waals surface area contributed by atoms with Crippen LogP contribution in [0.3, 0.4) is 0 Å². The number of fused-ring (bicyclic) bond motifs is 1. The summed E-state index contributed by atoms with van der Waals surface area (Å²) in [5.41, 5.74) is 3.91. The third-order valence-corrected chi connectivity index (χ3v) is 6.09. The number of carbonyl (C=O) groups excluding carboxylic acids is 1. The third kappa shape index (κ3) is 3.84. The molecule has 32 heavy (non-hydrogen) atoms. The van der Waals surface area contributed by atoms with Crippen molar-refractivity contribution in [3.63, 3.8) is 0 Å². The maximum Gasteiger partial charge on any atom is 0.227 e. The Morgan fingerprint density at radius 3 is 2.72 bits per heavy atom. The van der Waals surface area contributed by atoms with Crippen molar-refractivity contribution in [3.8, 4) is 5.75 Å². The highest BCUT2D eigenvalue weighted by molar-refractivity contribution is 6.30. The summed E-state index contributed by atoms with van der Waals surface area (Å²) in [5.74, 6) is 1.74. The number of hydrogen-bond donors (Lipinski definition) is 0. The molecule has 0 aliphatic carbocycles. The van der Waals surface area contributed by atoms with Crippen molar-refractivity contribution in [1.29, 1.82) is 0 Å². The van der Waals surface area contributed by atoms with Gasteiger partial charge in [0.2, 0.25) is 5.91 Å². The van der Waals surface area contributed by atoms with Gasteiger partial charge in [0.1, 0.15) is 11.6 Å². The zero-order valence-electron chi connectivity index (χ0n) is 17.9. The van der Waals surface area contributed by atoms with Gasteiger partial charge in [0, 0.05) is 30.5 Å². The number of ether oxygens (including phenoxy) is 1. The number of carbonyl (C=O) groups is 1. The molecule has 0 radical (unpaired) electrons. The van der Waals surface area contributed by atoms with E-state index in [1.54, 1.807) is 0 Å². The van der Waals surface area contributed by atoms with Gasteiger partial charge in [0.15, 0.2) is 0 Å². The topological polar surface area (TPSA) is 47.4 Å². The van der Waals surface area contributed by atoms with Crippen LogP contribution in [0.4, 0.5) is 5.69 Å². The van der Waals surface area contributed by atoms with Crippen LogP contribution in [0.15, 0.2) is 72.8 Å². The summed E-state index contributed by atoms with van der Waals surface area (Å²) in [4.78, 5) is 19.8. The van der Waals surface area contributed by atoms with E-state index in [1.165, 1.54) is 0 Å². The summed E-state index contributed by atoms with van der Waals surface area (Å²) in [5, 5.41) is 0.711. The van der Waals surface area contributed by atoms with Gasteiger partial charge >= 0.3 is 0 Å². The van der Waals surface area contributed by atoms with Crippen LogP contribution in [-0.4, -0.2) is 28.6 Å². The first kappa shape index (κ1) is 20.6. The monoisotopic (exact) mass is 445 g/mol. The number of para-hydroxylation sites is 4. The van der Waals surface area contributed by atoms with Crippen molar-refractivity contribution in [1.82, 2.24) is 9.55 Å². The van der Waals surface area contributed by atoms with Crippen LogP contribution >= 0.6 is 11.6 Å². The lowest BCUT2D eigenvalue weighted by molar-refractivity contribution is -0.117. The number of nitrogens with zero attached hydrogens (tertiary/aromatic N) is 3. The quantitative estimate of drug-likeness (QED) is 0.385. The molecule has 0 bridgehead atoms. The van der Waals surface area contributed by atoms with Gasteiger partial charge in [-0.15, -0.1) is 0 Å². The molecule has 5 rings (SSSR count). The van der Waals surface area contributed by atoms with E-state index in [0.29, 0.717) is 31.1 Å². The molecule has 1 aliphatic heterocycles. The summed E-state index contributed by atoms with van der Waals surface area (Å²) >= 11 is 6.23. The Kier molecular flexibility index (Phi) is 5.58. The highest BCUT2D eigenvalue weighted by Gasteiger charge is 2.36. The van der Waals surface area contributed by atoms with Gasteiger partial charge in [-0.2, -0.15) is 0 Å². The Hall–Kier alpha value is -3.31. The molecule has 1 amide bonds. The van der Waals surface area contributed by atoms with Crippen LogP contribution in [-0.2, 0) is 11.3 Å². The molecule has 162 valence electrons. The fraction of sp³-hybridized carbons (Fsp3) is 0.231. The van der Waals surface area contributed by atoms with Crippen molar-refractivity contribution in [2.45, 2.75) is 25.8 Å². The number of rotatable bonds is 6. The number of benzene rings is 3. The second kappa shape index (κ2) is 8.67. The van der Waals surface area contributed by atoms with E-state index in [4.69, 9.17) is 21.3 Å². The third-order valence-electron chi connectivity index (χ3n) is 5.86. The molecule has 1 saturated heterocycles. The fourth-order valence-electron chi connectivity index (χ4n) is 4.46. The zero-order valence-corrected chi connectivity index (χ0v) is 18.6. The van der Waals surface area contributed by atoms with Crippen LogP contribution < -0.4 is 9.64 Å². The van der Waals surface area contributed by atoms with Gasteiger partial charge in [-0.3, -0.25) is 4.79 Å². The van der Waals surface area contributed by atoms with Crippen LogP contribution in [0.5, 0.6) is 5.75 Å². The van der Waals surface area contributed by atoms with Crippen molar-refractivity contribution in [2.75, 3.05) is 18.1 Å². The molecule has 0 spiro atoms. The first-order valence-corrected chi connectivity index (χ1v) is 11.2. The molecule has 1 aliphatic rings. The van der Waals surface area contributed by atoms with E-state index in [-0.39, 0.29) is 11.8 Å². The Balaban J connectivity index is 1.52. The van der Waals surface area contributed by atoms with Crippen molar-refractivity contribution >= 4 is 34.2 Å². The molecule has 5 nitrogen and oxygen atoms in total. The lowest BCUT2D eigenvalue weighted by atomic mass is 10.1. The first-order chi connectivity index (χ1) is 15.6. The molecule has 0 saturated carbocycles. The summed E-state index contributed by atoms with van der Waals surface area (Å²) in [6.07, 6.45) is 0.416. The number of hydrogen-bond acceptors (Lipinski definition) is 3. The second-order valence-electron chi connectivity index (χ2n) is 7.98. The SMILES string of the molecule is CCOc1ccccc1N1CC(c2nc3ccccc3n2Cc2cccc(Cl)c2)CC1=O. The van der Waals surface area contributed by atoms with Crippen molar-refractivity contribution in [2.24, 2.45) is 0 Å². The summed E-state index contributed by atoms with van der Waals surface area (Å²) < 4.78 is 7.99. The lowest BCUT2D eigenvalue weighted by Gasteiger charge is -2.20. The van der Waals surface area contributed by atoms with E-state index in [2.05, 4.69) is 16.7 Å². The van der Waals surface area contributed by atoms with Gasteiger partial charge in [-0.1, -0.05) is 48.0 Å². The molecular weight excluding hydrogens is 422 g/mol. The van der Waals surface area contributed by atoms with Crippen molar-refractivity contribution in [3.05, 3.63) is 89.2 Å². The molecule has 1 fully saturated rings. The Morgan fingerprint density at radius 1 is 1.06 bits per heavy atom. The number of aromatic nitrogens is 2. The minimum atomic E-state index is -0.0104. The van der Waals surface area contributed by atoms with Crippen LogP contribution in [0.2, 0.25) is 5.02 Å². The second-order valence-corrected chi connectivity index (χ2v) is 8.42. The summed E-state index contributed by atoms with van der Waals surface area (Å²) in [6, 6.07) is 23.7. The predicted molar refractivity (Wildman–Crippen MR) is 128 cm³/mol. The smallest absolute Gasteiger partial charge is 0.227 e. The summed E-state index contributed by atoms with van der Waals surface area (Å²) in [7, 11) is 0. The van der Waals surface area contributed by atoms with E-state index in [1.807, 2.05) is 72.5 Å². The Labute approximate surface area is 192 Å². The summed E-state index contributed by atoms with van der Waals surface area (Å²) in [6.45, 7) is 3.72. The van der Waals surface area contributed by atoms with Crippen LogP contribution in [0, 0.1) is 0 Å². The average Bonchev–Trinajstić information content (AvgIpc) is 3.35. The number of halogens is 1. The largest absolute Gasteiger partial charge is 0.492 e. The van der Waals surface area contributed by atoms with E-state index in [0.717, 1.165) is 33.9 Å². The van der Waals surface area contributed by atoms with Gasteiger partial charge in [0.25, 0.3) is 0 Å². The normalized spacial score (nSPS) is 16.1. The van der Waals surface area contributed by atoms with E-state index in [9.17, 15) is 4.79 Å². The highest BCUT2D eigenvalue weighted by atomic mass is 35.5. The molecule has 2 heterocycles. The van der Waals surface area contributed by atoms with Gasteiger partial charge in [0.05, 0.1) is 23.3 Å². The van der Waals surface area contributed by atoms with Crippen LogP contribution in [0.25, 0.3) is 11.0 Å². The Morgan fingerprint density at radius 2 is 1.88 bits per heavy atom. The van der Waals surface area contributed by atoms with E-state index < -0.39 is 0 Å². The van der Waals surface area contributed by atoms with Gasteiger partial charge in [-0.25, -0.2) is 4.98 Å². The minimum Gasteiger partial charge on any atom is -0.492 e. The van der Waals surface area contributed by atoms with Gasteiger partial charge in [-0.05, 0) is 48.9 Å². The molecule has 6 heteroatoms. The first-order valence-electron chi connectivity index (χ1n) is 10.9. The fourth-order valence-corrected chi connectivity index (χ4v) is 4.67.